The molecule has 1 aromatic rings. The van der Waals surface area contributed by atoms with Gasteiger partial charge < -0.3 is 9.84 Å². The second-order valence-electron chi connectivity index (χ2n) is 3.95. The van der Waals surface area contributed by atoms with Crippen molar-refractivity contribution in [3.63, 3.8) is 0 Å². The maximum atomic E-state index is 11.9. The van der Waals surface area contributed by atoms with Crippen LogP contribution in [0.15, 0.2) is 35.5 Å². The number of carboxylic acids is 1. The predicted octanol–water partition coefficient (Wildman–Crippen LogP) is 1.79. The molecule has 0 saturated heterocycles. The van der Waals surface area contributed by atoms with Gasteiger partial charge in [-0.1, -0.05) is 12.1 Å². The molecule has 1 amide bonds. The van der Waals surface area contributed by atoms with E-state index in [9.17, 15) is 9.59 Å². The minimum atomic E-state index is -1.06. The van der Waals surface area contributed by atoms with E-state index in [1.807, 2.05) is 0 Å². The number of carbonyl (C=O) groups is 2. The molecule has 0 saturated carbocycles. The molecule has 0 spiro atoms. The summed E-state index contributed by atoms with van der Waals surface area (Å²) in [5.74, 6) is -0.774. The molecule has 5 heteroatoms. The Morgan fingerprint density at radius 1 is 1.39 bits per heavy atom. The average molecular weight is 247 g/mol. The number of hydrogen-bond donors (Lipinski definition) is 1. The van der Waals surface area contributed by atoms with Gasteiger partial charge in [0.1, 0.15) is 5.75 Å². The first-order chi connectivity index (χ1) is 8.56. The first kappa shape index (κ1) is 12.2. The highest BCUT2D eigenvalue weighted by Crippen LogP contribution is 2.35. The molecule has 1 N–H and O–H groups in total. The Morgan fingerprint density at radius 2 is 2.06 bits per heavy atom. The molecule has 1 aliphatic heterocycles. The molecule has 0 unspecified atom stereocenters. The fraction of sp³-hybridized carbons (Fsp3) is 0.231. The molecule has 0 atom stereocenters. The van der Waals surface area contributed by atoms with E-state index in [-0.39, 0.29) is 17.9 Å². The van der Waals surface area contributed by atoms with E-state index >= 15 is 0 Å². The molecule has 0 aromatic heterocycles. The van der Waals surface area contributed by atoms with Crippen LogP contribution in [-0.4, -0.2) is 24.1 Å². The molecule has 18 heavy (non-hydrogen) atoms. The van der Waals surface area contributed by atoms with Gasteiger partial charge in [-0.2, -0.15) is 0 Å². The minimum Gasteiger partial charge on any atom is -0.495 e. The number of anilines is 1. The third-order valence-electron chi connectivity index (χ3n) is 2.93. The lowest BCUT2D eigenvalue weighted by Gasteiger charge is -2.20. The van der Waals surface area contributed by atoms with Gasteiger partial charge in [-0.15, -0.1) is 0 Å². The van der Waals surface area contributed by atoms with Crippen LogP contribution in [0.5, 0.6) is 5.75 Å². The van der Waals surface area contributed by atoms with Crippen LogP contribution in [0.1, 0.15) is 13.3 Å². The monoisotopic (exact) mass is 247 g/mol. The SMILES string of the molecule is COc1ccccc1N1C(=O)CC(C(=O)O)=C1C. The molecule has 0 radical (unpaired) electrons. The Balaban J connectivity index is 2.51. The zero-order valence-corrected chi connectivity index (χ0v) is 10.1. The third-order valence-corrected chi connectivity index (χ3v) is 2.93. The number of ether oxygens (including phenoxy) is 1. The molecule has 1 aromatic carbocycles. The lowest BCUT2D eigenvalue weighted by atomic mass is 10.2. The van der Waals surface area contributed by atoms with E-state index in [1.165, 1.54) is 12.0 Å². The number of amides is 1. The molecule has 0 aliphatic carbocycles. The van der Waals surface area contributed by atoms with Crippen LogP contribution < -0.4 is 9.64 Å². The molecular weight excluding hydrogens is 234 g/mol. The lowest BCUT2D eigenvalue weighted by Crippen LogP contribution is -2.23. The van der Waals surface area contributed by atoms with Crippen molar-refractivity contribution in [2.75, 3.05) is 12.0 Å². The van der Waals surface area contributed by atoms with E-state index in [4.69, 9.17) is 9.84 Å². The van der Waals surface area contributed by atoms with Gasteiger partial charge in [0, 0.05) is 5.70 Å². The van der Waals surface area contributed by atoms with Crippen molar-refractivity contribution in [3.8, 4) is 5.75 Å². The van der Waals surface area contributed by atoms with Crippen LogP contribution >= 0.6 is 0 Å². The van der Waals surface area contributed by atoms with Gasteiger partial charge in [0.25, 0.3) is 0 Å². The van der Waals surface area contributed by atoms with Crippen molar-refractivity contribution in [2.24, 2.45) is 0 Å². The summed E-state index contributed by atoms with van der Waals surface area (Å²) in [6.45, 7) is 1.63. The summed E-state index contributed by atoms with van der Waals surface area (Å²) in [5.41, 5.74) is 1.14. The van der Waals surface area contributed by atoms with Crippen LogP contribution in [0.2, 0.25) is 0 Å². The van der Waals surface area contributed by atoms with Crippen molar-refractivity contribution in [2.45, 2.75) is 13.3 Å². The normalized spacial score (nSPS) is 15.2. The standard InChI is InChI=1S/C13H13NO4/c1-8-9(13(16)17)7-12(15)14(8)10-5-3-4-6-11(10)18-2/h3-6H,7H2,1-2H3,(H,16,17). The second-order valence-corrected chi connectivity index (χ2v) is 3.95. The number of nitrogens with zero attached hydrogens (tertiary/aromatic N) is 1. The van der Waals surface area contributed by atoms with Crippen molar-refractivity contribution in [1.29, 1.82) is 0 Å². The van der Waals surface area contributed by atoms with Gasteiger partial charge in [-0.05, 0) is 19.1 Å². The van der Waals surface area contributed by atoms with E-state index < -0.39 is 5.97 Å². The summed E-state index contributed by atoms with van der Waals surface area (Å²) in [4.78, 5) is 24.3. The molecule has 2 rings (SSSR count). The number of benzene rings is 1. The Morgan fingerprint density at radius 3 is 2.61 bits per heavy atom. The maximum absolute atomic E-state index is 11.9. The lowest BCUT2D eigenvalue weighted by molar-refractivity contribution is -0.133. The zero-order chi connectivity index (χ0) is 13.3. The van der Waals surface area contributed by atoms with Gasteiger partial charge in [0.2, 0.25) is 5.91 Å². The average Bonchev–Trinajstić information content (AvgIpc) is 2.65. The highest BCUT2D eigenvalue weighted by atomic mass is 16.5. The topological polar surface area (TPSA) is 66.8 Å². The number of aliphatic carboxylic acids is 1. The van der Waals surface area contributed by atoms with Crippen LogP contribution in [0.25, 0.3) is 0 Å². The van der Waals surface area contributed by atoms with Crippen LogP contribution in [0.3, 0.4) is 0 Å². The van der Waals surface area contributed by atoms with E-state index in [1.54, 1.807) is 31.2 Å². The van der Waals surface area contributed by atoms with Crippen LogP contribution in [-0.2, 0) is 9.59 Å². The number of allylic oxidation sites excluding steroid dienone is 1. The summed E-state index contributed by atoms with van der Waals surface area (Å²) >= 11 is 0. The molecule has 5 nitrogen and oxygen atoms in total. The van der Waals surface area contributed by atoms with Crippen molar-refractivity contribution in [3.05, 3.63) is 35.5 Å². The largest absolute Gasteiger partial charge is 0.495 e. The highest BCUT2D eigenvalue weighted by Gasteiger charge is 2.33. The predicted molar refractivity (Wildman–Crippen MR) is 65.4 cm³/mol. The maximum Gasteiger partial charge on any atom is 0.333 e. The molecular formula is C13H13NO4. The second kappa shape index (κ2) is 4.52. The molecule has 0 fully saturated rings. The minimum absolute atomic E-state index is 0.0841. The first-order valence-electron chi connectivity index (χ1n) is 5.45. The summed E-state index contributed by atoms with van der Waals surface area (Å²) in [6, 6.07) is 7.02. The first-order valence-corrected chi connectivity index (χ1v) is 5.45. The number of carboxylic acid groups (broad SMARTS) is 1. The number of hydrogen-bond acceptors (Lipinski definition) is 3. The quantitative estimate of drug-likeness (QED) is 0.884. The summed E-state index contributed by atoms with van der Waals surface area (Å²) < 4.78 is 5.19. The summed E-state index contributed by atoms with van der Waals surface area (Å²) in [6.07, 6.45) is -0.0841. The van der Waals surface area contributed by atoms with Gasteiger partial charge in [0.05, 0.1) is 24.8 Å². The van der Waals surface area contributed by atoms with E-state index in [0.717, 1.165) is 0 Å². The molecule has 1 aliphatic rings. The Bertz CT molecular complexity index is 548. The molecule has 0 bridgehead atoms. The fourth-order valence-corrected chi connectivity index (χ4v) is 2.04. The smallest absolute Gasteiger partial charge is 0.333 e. The summed E-state index contributed by atoms with van der Waals surface area (Å²) in [5, 5.41) is 9.02. The van der Waals surface area contributed by atoms with Gasteiger partial charge in [-0.3, -0.25) is 9.69 Å². The Kier molecular flexibility index (Phi) is 3.06. The van der Waals surface area contributed by atoms with Gasteiger partial charge in [0.15, 0.2) is 0 Å². The summed E-state index contributed by atoms with van der Waals surface area (Å²) in [7, 11) is 1.51. The van der Waals surface area contributed by atoms with Crippen molar-refractivity contribution < 1.29 is 19.4 Å². The van der Waals surface area contributed by atoms with Crippen molar-refractivity contribution in [1.82, 2.24) is 0 Å². The van der Waals surface area contributed by atoms with E-state index in [0.29, 0.717) is 17.1 Å². The highest BCUT2D eigenvalue weighted by molar-refractivity contribution is 6.09. The fourth-order valence-electron chi connectivity index (χ4n) is 2.04. The number of methoxy groups -OCH3 is 1. The number of carbonyl (C=O) groups excluding carboxylic acids is 1. The van der Waals surface area contributed by atoms with Crippen molar-refractivity contribution >= 4 is 17.6 Å². The zero-order valence-electron chi connectivity index (χ0n) is 10.1. The number of rotatable bonds is 3. The number of para-hydroxylation sites is 2. The Labute approximate surface area is 104 Å². The third kappa shape index (κ3) is 1.84. The van der Waals surface area contributed by atoms with Gasteiger partial charge in [-0.25, -0.2) is 4.79 Å². The van der Waals surface area contributed by atoms with E-state index in [2.05, 4.69) is 0 Å². The molecule has 1 heterocycles. The Hall–Kier alpha value is -2.30. The van der Waals surface area contributed by atoms with Crippen LogP contribution in [0, 0.1) is 0 Å². The molecule has 94 valence electrons. The van der Waals surface area contributed by atoms with Gasteiger partial charge >= 0.3 is 5.97 Å². The van der Waals surface area contributed by atoms with Crippen LogP contribution in [0.4, 0.5) is 5.69 Å².